The highest BCUT2D eigenvalue weighted by Gasteiger charge is 2.29. The number of rotatable bonds is 7. The molecule has 29 heavy (non-hydrogen) atoms. The van der Waals surface area contributed by atoms with E-state index in [2.05, 4.69) is 0 Å². The molecule has 1 amide bonds. The summed E-state index contributed by atoms with van der Waals surface area (Å²) < 4.78 is 26.1. The third-order valence-corrected chi connectivity index (χ3v) is 4.90. The summed E-state index contributed by atoms with van der Waals surface area (Å²) in [6.07, 6.45) is -1.99. The summed E-state index contributed by atoms with van der Waals surface area (Å²) in [6, 6.07) is 5.60. The predicted molar refractivity (Wildman–Crippen MR) is 103 cm³/mol. The van der Waals surface area contributed by atoms with Gasteiger partial charge in [0.1, 0.15) is 6.10 Å². The average Bonchev–Trinajstić information content (AvgIpc) is 3.08. The molecule has 0 saturated carbocycles. The standard InChI is InChI=1S/C20H28N2O7/c1-5-22(13(2)8-15-6-7-17-18(9-15)26-12-25-17)19(23)27-14(3)28-20(24)29-16-10-21(4)11-16/h6-7,9,13-14,16H,5,8,10-12H2,1-4H3. The van der Waals surface area contributed by atoms with Crippen LogP contribution >= 0.6 is 0 Å². The third kappa shape index (κ3) is 5.44. The molecule has 1 saturated heterocycles. The Morgan fingerprint density at radius 1 is 1.21 bits per heavy atom. The summed E-state index contributed by atoms with van der Waals surface area (Å²) in [5.41, 5.74) is 1.02. The summed E-state index contributed by atoms with van der Waals surface area (Å²) in [4.78, 5) is 27.9. The first-order valence-electron chi connectivity index (χ1n) is 9.77. The van der Waals surface area contributed by atoms with Crippen LogP contribution in [-0.4, -0.2) is 74.0 Å². The van der Waals surface area contributed by atoms with Gasteiger partial charge in [-0.05, 0) is 45.0 Å². The Bertz CT molecular complexity index is 736. The van der Waals surface area contributed by atoms with Crippen LogP contribution in [0.15, 0.2) is 18.2 Å². The number of ether oxygens (including phenoxy) is 5. The normalized spacial score (nSPS) is 17.8. The van der Waals surface area contributed by atoms with Gasteiger partial charge in [0.15, 0.2) is 11.5 Å². The zero-order valence-corrected chi connectivity index (χ0v) is 17.3. The maximum Gasteiger partial charge on any atom is 0.511 e. The minimum atomic E-state index is -1.04. The highest BCUT2D eigenvalue weighted by Crippen LogP contribution is 2.33. The van der Waals surface area contributed by atoms with E-state index < -0.39 is 18.5 Å². The SMILES string of the molecule is CCN(C(=O)OC(C)OC(=O)OC1CN(C)C1)C(C)Cc1ccc2c(c1)OCO2. The van der Waals surface area contributed by atoms with Crippen molar-refractivity contribution in [1.82, 2.24) is 9.80 Å². The van der Waals surface area contributed by atoms with Crippen LogP contribution in [0.4, 0.5) is 9.59 Å². The molecule has 0 aromatic heterocycles. The predicted octanol–water partition coefficient (Wildman–Crippen LogP) is 2.62. The van der Waals surface area contributed by atoms with Crippen molar-refractivity contribution in [2.75, 3.05) is 33.5 Å². The Kier molecular flexibility index (Phi) is 6.68. The van der Waals surface area contributed by atoms with Crippen LogP contribution in [0.3, 0.4) is 0 Å². The van der Waals surface area contributed by atoms with E-state index in [1.54, 1.807) is 4.90 Å². The minimum absolute atomic E-state index is 0.127. The molecule has 0 spiro atoms. The van der Waals surface area contributed by atoms with Crippen molar-refractivity contribution < 1.29 is 33.3 Å². The molecule has 1 aromatic carbocycles. The summed E-state index contributed by atoms with van der Waals surface area (Å²) in [7, 11) is 1.93. The largest absolute Gasteiger partial charge is 0.511 e. The smallest absolute Gasteiger partial charge is 0.454 e. The van der Waals surface area contributed by atoms with Gasteiger partial charge in [-0.3, -0.25) is 4.90 Å². The van der Waals surface area contributed by atoms with Crippen molar-refractivity contribution in [2.45, 2.75) is 45.6 Å². The quantitative estimate of drug-likeness (QED) is 0.503. The lowest BCUT2D eigenvalue weighted by Crippen LogP contribution is -2.50. The molecule has 1 fully saturated rings. The number of nitrogens with zero attached hydrogens (tertiary/aromatic N) is 2. The summed E-state index contributed by atoms with van der Waals surface area (Å²) in [5.74, 6) is 1.43. The van der Waals surface area contributed by atoms with Gasteiger partial charge in [-0.15, -0.1) is 0 Å². The lowest BCUT2D eigenvalue weighted by atomic mass is 10.1. The van der Waals surface area contributed by atoms with Gasteiger partial charge < -0.3 is 28.6 Å². The van der Waals surface area contributed by atoms with E-state index in [0.29, 0.717) is 31.8 Å². The lowest BCUT2D eigenvalue weighted by molar-refractivity contribution is -0.105. The fourth-order valence-electron chi connectivity index (χ4n) is 3.39. The first kappa shape index (κ1) is 21.0. The average molecular weight is 408 g/mol. The van der Waals surface area contributed by atoms with Gasteiger partial charge in [-0.2, -0.15) is 0 Å². The van der Waals surface area contributed by atoms with E-state index in [4.69, 9.17) is 23.7 Å². The van der Waals surface area contributed by atoms with Crippen LogP contribution in [-0.2, 0) is 20.6 Å². The Morgan fingerprint density at radius 3 is 2.62 bits per heavy atom. The van der Waals surface area contributed by atoms with Crippen LogP contribution in [0.5, 0.6) is 11.5 Å². The second-order valence-electron chi connectivity index (χ2n) is 7.31. The fraction of sp³-hybridized carbons (Fsp3) is 0.600. The van der Waals surface area contributed by atoms with Gasteiger partial charge in [0.25, 0.3) is 0 Å². The third-order valence-electron chi connectivity index (χ3n) is 4.90. The number of hydrogen-bond donors (Lipinski definition) is 0. The Morgan fingerprint density at radius 2 is 1.93 bits per heavy atom. The molecule has 9 nitrogen and oxygen atoms in total. The number of carbonyl (C=O) groups excluding carboxylic acids is 2. The molecule has 0 radical (unpaired) electrons. The van der Waals surface area contributed by atoms with Gasteiger partial charge in [-0.25, -0.2) is 9.59 Å². The van der Waals surface area contributed by atoms with Gasteiger partial charge in [0.2, 0.25) is 13.1 Å². The molecule has 2 atom stereocenters. The molecule has 0 N–H and O–H groups in total. The van der Waals surface area contributed by atoms with Crippen molar-refractivity contribution in [3.8, 4) is 11.5 Å². The van der Waals surface area contributed by atoms with Gasteiger partial charge >= 0.3 is 12.2 Å². The van der Waals surface area contributed by atoms with E-state index in [-0.39, 0.29) is 18.9 Å². The first-order valence-corrected chi connectivity index (χ1v) is 9.77. The van der Waals surface area contributed by atoms with Crippen LogP contribution in [0, 0.1) is 0 Å². The Hall–Kier alpha value is -2.68. The van der Waals surface area contributed by atoms with Crippen LogP contribution in [0.1, 0.15) is 26.3 Å². The number of fused-ring (bicyclic) bond motifs is 1. The van der Waals surface area contributed by atoms with Crippen molar-refractivity contribution in [3.63, 3.8) is 0 Å². The number of benzene rings is 1. The summed E-state index contributed by atoms with van der Waals surface area (Å²) in [5, 5.41) is 0. The topological polar surface area (TPSA) is 86.8 Å². The molecule has 0 aliphatic carbocycles. The summed E-state index contributed by atoms with van der Waals surface area (Å²) >= 11 is 0. The van der Waals surface area contributed by atoms with Gasteiger partial charge in [0, 0.05) is 32.6 Å². The molecule has 3 rings (SSSR count). The van der Waals surface area contributed by atoms with E-state index in [9.17, 15) is 9.59 Å². The van der Waals surface area contributed by atoms with Crippen molar-refractivity contribution in [1.29, 1.82) is 0 Å². The zero-order chi connectivity index (χ0) is 21.0. The highest BCUT2D eigenvalue weighted by molar-refractivity contribution is 5.68. The minimum Gasteiger partial charge on any atom is -0.454 e. The summed E-state index contributed by atoms with van der Waals surface area (Å²) in [6.45, 7) is 7.30. The second-order valence-corrected chi connectivity index (χ2v) is 7.31. The van der Waals surface area contributed by atoms with Gasteiger partial charge in [0.05, 0.1) is 0 Å². The zero-order valence-electron chi connectivity index (χ0n) is 17.3. The van der Waals surface area contributed by atoms with Crippen LogP contribution in [0.2, 0.25) is 0 Å². The monoisotopic (exact) mass is 408 g/mol. The Balaban J connectivity index is 1.47. The molecule has 2 heterocycles. The first-order chi connectivity index (χ1) is 13.9. The molecule has 9 heteroatoms. The molecule has 2 unspecified atom stereocenters. The van der Waals surface area contributed by atoms with E-state index >= 15 is 0 Å². The number of hydrogen-bond acceptors (Lipinski definition) is 8. The number of carbonyl (C=O) groups is 2. The van der Waals surface area contributed by atoms with Crippen molar-refractivity contribution >= 4 is 12.2 Å². The second kappa shape index (κ2) is 9.21. The molecule has 160 valence electrons. The number of likely N-dealkylation sites (N-methyl/N-ethyl adjacent to an activating group) is 2. The maximum absolute atomic E-state index is 12.5. The van der Waals surface area contributed by atoms with E-state index in [1.165, 1.54) is 6.92 Å². The molecule has 0 bridgehead atoms. The number of amides is 1. The molecular weight excluding hydrogens is 380 g/mol. The van der Waals surface area contributed by atoms with Crippen LogP contribution in [0.25, 0.3) is 0 Å². The van der Waals surface area contributed by atoms with E-state index in [1.807, 2.05) is 44.0 Å². The maximum atomic E-state index is 12.5. The van der Waals surface area contributed by atoms with Gasteiger partial charge in [-0.1, -0.05) is 6.07 Å². The molecule has 2 aliphatic rings. The Labute approximate surface area is 170 Å². The highest BCUT2D eigenvalue weighted by atomic mass is 16.8. The molecule has 1 aromatic rings. The van der Waals surface area contributed by atoms with Crippen molar-refractivity contribution in [2.24, 2.45) is 0 Å². The van der Waals surface area contributed by atoms with E-state index in [0.717, 1.165) is 11.3 Å². The molecular formula is C20H28N2O7. The number of likely N-dealkylation sites (tertiary alicyclic amines) is 1. The fourth-order valence-corrected chi connectivity index (χ4v) is 3.39. The molecule has 2 aliphatic heterocycles. The van der Waals surface area contributed by atoms with Crippen LogP contribution < -0.4 is 9.47 Å². The lowest BCUT2D eigenvalue weighted by Gasteiger charge is -2.35. The van der Waals surface area contributed by atoms with Crippen molar-refractivity contribution in [3.05, 3.63) is 23.8 Å².